The van der Waals surface area contributed by atoms with Crippen LogP contribution in [-0.4, -0.2) is 22.8 Å². The summed E-state index contributed by atoms with van der Waals surface area (Å²) in [4.78, 5) is 6.91. The van der Waals surface area contributed by atoms with E-state index in [1.165, 1.54) is 0 Å². The van der Waals surface area contributed by atoms with Crippen LogP contribution in [0.4, 0.5) is 18.9 Å². The van der Waals surface area contributed by atoms with Gasteiger partial charge in [0.2, 0.25) is 0 Å². The predicted molar refractivity (Wildman–Crippen MR) is 56.2 cm³/mol. The maximum atomic E-state index is 11.8. The zero-order valence-electron chi connectivity index (χ0n) is 8.71. The minimum Gasteiger partial charge on any atom is -0.399 e. The van der Waals surface area contributed by atoms with E-state index in [4.69, 9.17) is 5.73 Å². The van der Waals surface area contributed by atoms with E-state index >= 15 is 0 Å². The molecule has 2 aromatic rings. The standard InChI is InChI=1S/C10H10F3N3O/c11-10(12,13)5-17-4-9-15-7-2-1-6(14)3-8(7)16-9/h1-3H,4-5,14H2,(H,15,16). The molecule has 0 aliphatic heterocycles. The number of imidazole rings is 1. The molecule has 0 radical (unpaired) electrons. The van der Waals surface area contributed by atoms with Crippen molar-refractivity contribution in [2.75, 3.05) is 12.3 Å². The summed E-state index contributed by atoms with van der Waals surface area (Å²) in [5.74, 6) is 0.342. The Morgan fingerprint density at radius 1 is 1.35 bits per heavy atom. The van der Waals surface area contributed by atoms with Gasteiger partial charge in [-0.2, -0.15) is 13.2 Å². The first kappa shape index (κ1) is 11.7. The number of nitrogen functional groups attached to an aromatic ring is 1. The molecule has 0 amide bonds. The van der Waals surface area contributed by atoms with Gasteiger partial charge in [0.1, 0.15) is 19.0 Å². The SMILES string of the molecule is Nc1ccc2nc(COCC(F)(F)F)[nH]c2c1. The van der Waals surface area contributed by atoms with Gasteiger partial charge in [-0.3, -0.25) is 0 Å². The Kier molecular flexibility index (Phi) is 2.93. The number of benzene rings is 1. The fourth-order valence-electron chi connectivity index (χ4n) is 1.41. The van der Waals surface area contributed by atoms with E-state index in [2.05, 4.69) is 14.7 Å². The van der Waals surface area contributed by atoms with E-state index in [9.17, 15) is 13.2 Å². The smallest absolute Gasteiger partial charge is 0.399 e. The summed E-state index contributed by atoms with van der Waals surface area (Å²) in [5.41, 5.74) is 7.44. The molecule has 1 heterocycles. The zero-order chi connectivity index (χ0) is 12.5. The lowest BCUT2D eigenvalue weighted by Crippen LogP contribution is -2.16. The van der Waals surface area contributed by atoms with Gasteiger partial charge >= 0.3 is 6.18 Å². The molecule has 7 heteroatoms. The van der Waals surface area contributed by atoms with Gasteiger partial charge in [0, 0.05) is 5.69 Å². The maximum absolute atomic E-state index is 11.8. The van der Waals surface area contributed by atoms with E-state index in [-0.39, 0.29) is 6.61 Å². The Balaban J connectivity index is 2.05. The molecule has 17 heavy (non-hydrogen) atoms. The van der Waals surface area contributed by atoms with E-state index in [0.717, 1.165) is 0 Å². The molecule has 0 atom stereocenters. The first-order valence-corrected chi connectivity index (χ1v) is 4.83. The second-order valence-corrected chi connectivity index (χ2v) is 3.57. The van der Waals surface area contributed by atoms with E-state index in [1.54, 1.807) is 18.2 Å². The number of aromatic nitrogens is 2. The molecule has 3 N–H and O–H groups in total. The van der Waals surface area contributed by atoms with Crippen molar-refractivity contribution in [1.82, 2.24) is 9.97 Å². The molecule has 1 aromatic carbocycles. The first-order valence-electron chi connectivity index (χ1n) is 4.83. The van der Waals surface area contributed by atoms with Gasteiger partial charge < -0.3 is 15.5 Å². The van der Waals surface area contributed by atoms with Crippen LogP contribution in [0.15, 0.2) is 18.2 Å². The van der Waals surface area contributed by atoms with Crippen molar-refractivity contribution in [2.45, 2.75) is 12.8 Å². The third kappa shape index (κ3) is 3.10. The second-order valence-electron chi connectivity index (χ2n) is 3.57. The third-order valence-corrected chi connectivity index (χ3v) is 2.06. The van der Waals surface area contributed by atoms with Gasteiger partial charge in [-0.1, -0.05) is 0 Å². The highest BCUT2D eigenvalue weighted by Crippen LogP contribution is 2.17. The molecule has 0 bridgehead atoms. The Hall–Kier alpha value is -1.76. The highest BCUT2D eigenvalue weighted by Gasteiger charge is 2.27. The fraction of sp³-hybridized carbons (Fsp3) is 0.300. The quantitative estimate of drug-likeness (QED) is 0.815. The van der Waals surface area contributed by atoms with Crippen LogP contribution in [-0.2, 0) is 11.3 Å². The Bertz CT molecular complexity index is 521. The molecule has 0 saturated heterocycles. The highest BCUT2D eigenvalue weighted by atomic mass is 19.4. The zero-order valence-corrected chi connectivity index (χ0v) is 8.71. The molecule has 4 nitrogen and oxygen atoms in total. The van der Waals surface area contributed by atoms with Crippen molar-refractivity contribution in [3.8, 4) is 0 Å². The summed E-state index contributed by atoms with van der Waals surface area (Å²) in [6, 6.07) is 5.02. The Morgan fingerprint density at radius 2 is 2.12 bits per heavy atom. The molecule has 0 unspecified atom stereocenters. The Morgan fingerprint density at radius 3 is 2.82 bits per heavy atom. The van der Waals surface area contributed by atoms with Crippen LogP contribution in [0.3, 0.4) is 0 Å². The Labute approximate surface area is 94.6 Å². The highest BCUT2D eigenvalue weighted by molar-refractivity contribution is 5.78. The summed E-state index contributed by atoms with van der Waals surface area (Å²) in [6.45, 7) is -1.50. The van der Waals surface area contributed by atoms with Crippen molar-refractivity contribution in [3.05, 3.63) is 24.0 Å². The summed E-state index contributed by atoms with van der Waals surface area (Å²) >= 11 is 0. The number of hydrogen-bond donors (Lipinski definition) is 2. The van der Waals surface area contributed by atoms with E-state index < -0.39 is 12.8 Å². The molecular weight excluding hydrogens is 235 g/mol. The lowest BCUT2D eigenvalue weighted by molar-refractivity contribution is -0.177. The van der Waals surface area contributed by atoms with Gasteiger partial charge in [-0.15, -0.1) is 0 Å². The summed E-state index contributed by atoms with van der Waals surface area (Å²) < 4.78 is 40.0. The largest absolute Gasteiger partial charge is 0.411 e. The van der Waals surface area contributed by atoms with E-state index in [1.807, 2.05) is 0 Å². The maximum Gasteiger partial charge on any atom is 0.411 e. The first-order chi connectivity index (χ1) is 7.94. The van der Waals surface area contributed by atoms with Crippen molar-refractivity contribution < 1.29 is 17.9 Å². The van der Waals surface area contributed by atoms with Crippen LogP contribution >= 0.6 is 0 Å². The number of alkyl halides is 3. The average molecular weight is 245 g/mol. The number of anilines is 1. The molecule has 2 rings (SSSR count). The monoisotopic (exact) mass is 245 g/mol. The molecule has 92 valence electrons. The minimum atomic E-state index is -4.32. The number of aromatic amines is 1. The molecule has 0 aliphatic rings. The van der Waals surface area contributed by atoms with Crippen LogP contribution in [0.5, 0.6) is 0 Å². The van der Waals surface area contributed by atoms with Crippen LogP contribution in [0.1, 0.15) is 5.82 Å². The van der Waals surface area contributed by atoms with Crippen molar-refractivity contribution in [2.24, 2.45) is 0 Å². The van der Waals surface area contributed by atoms with Crippen molar-refractivity contribution in [1.29, 1.82) is 0 Å². The van der Waals surface area contributed by atoms with Gasteiger partial charge in [0.05, 0.1) is 11.0 Å². The van der Waals surface area contributed by atoms with Gasteiger partial charge in [-0.05, 0) is 18.2 Å². The number of ether oxygens (including phenoxy) is 1. The van der Waals surface area contributed by atoms with Crippen molar-refractivity contribution >= 4 is 16.7 Å². The average Bonchev–Trinajstić information content (AvgIpc) is 2.57. The van der Waals surface area contributed by atoms with Crippen LogP contribution in [0.25, 0.3) is 11.0 Å². The lowest BCUT2D eigenvalue weighted by atomic mass is 10.3. The predicted octanol–water partition coefficient (Wildman–Crippen LogP) is 2.22. The van der Waals surface area contributed by atoms with Gasteiger partial charge in [-0.25, -0.2) is 4.98 Å². The molecular formula is C10H10F3N3O. The molecule has 0 saturated carbocycles. The van der Waals surface area contributed by atoms with Crippen LogP contribution in [0, 0.1) is 0 Å². The molecule has 0 aliphatic carbocycles. The van der Waals surface area contributed by atoms with E-state index in [0.29, 0.717) is 22.5 Å². The lowest BCUT2D eigenvalue weighted by Gasteiger charge is -2.05. The molecule has 0 fully saturated rings. The number of hydrogen-bond acceptors (Lipinski definition) is 3. The van der Waals surface area contributed by atoms with Gasteiger partial charge in [0.25, 0.3) is 0 Å². The van der Waals surface area contributed by atoms with Crippen molar-refractivity contribution in [3.63, 3.8) is 0 Å². The number of nitrogens with one attached hydrogen (secondary N) is 1. The van der Waals surface area contributed by atoms with Gasteiger partial charge in [0.15, 0.2) is 0 Å². The number of halogens is 3. The summed E-state index contributed by atoms with van der Waals surface area (Å²) in [7, 11) is 0. The topological polar surface area (TPSA) is 63.9 Å². The minimum absolute atomic E-state index is 0.214. The number of rotatable bonds is 3. The summed E-state index contributed by atoms with van der Waals surface area (Å²) in [6.07, 6.45) is -4.32. The number of nitrogens with two attached hydrogens (primary N) is 1. The third-order valence-electron chi connectivity index (χ3n) is 2.06. The van der Waals surface area contributed by atoms with Crippen LogP contribution in [0.2, 0.25) is 0 Å². The van der Waals surface area contributed by atoms with Crippen LogP contribution < -0.4 is 5.73 Å². The second kappa shape index (κ2) is 4.25. The molecule has 1 aromatic heterocycles. The normalized spacial score (nSPS) is 12.2. The number of fused-ring (bicyclic) bond motifs is 1. The number of nitrogens with zero attached hydrogens (tertiary/aromatic N) is 1. The number of H-pyrrole nitrogens is 1. The molecule has 0 spiro atoms. The fourth-order valence-corrected chi connectivity index (χ4v) is 1.41. The summed E-state index contributed by atoms with van der Waals surface area (Å²) in [5, 5.41) is 0.